The Balaban J connectivity index is 2.71. The van der Waals surface area contributed by atoms with Gasteiger partial charge in [-0.15, -0.1) is 18.2 Å². The molecule has 0 unspecified atom stereocenters. The van der Waals surface area contributed by atoms with Crippen molar-refractivity contribution in [3.05, 3.63) is 33.9 Å². The molecule has 1 aromatic carbocycles. The van der Waals surface area contributed by atoms with Gasteiger partial charge in [-0.1, -0.05) is 5.92 Å². The molecule has 0 radical (unpaired) electrons. The van der Waals surface area contributed by atoms with E-state index in [4.69, 9.17) is 11.5 Å². The molecule has 0 aromatic heterocycles. The molecular formula is C12H12N2O4S. The number of terminal acetylenes is 1. The van der Waals surface area contributed by atoms with Gasteiger partial charge in [0.1, 0.15) is 5.56 Å². The lowest BCUT2D eigenvalue weighted by atomic mass is 10.1. The van der Waals surface area contributed by atoms with Crippen LogP contribution in [-0.4, -0.2) is 34.0 Å². The summed E-state index contributed by atoms with van der Waals surface area (Å²) in [6.07, 6.45) is 5.10. The van der Waals surface area contributed by atoms with Gasteiger partial charge in [0.25, 0.3) is 5.69 Å². The van der Waals surface area contributed by atoms with Gasteiger partial charge < -0.3 is 10.4 Å². The Morgan fingerprint density at radius 1 is 1.58 bits per heavy atom. The zero-order valence-electron chi connectivity index (χ0n) is 9.96. The van der Waals surface area contributed by atoms with E-state index in [0.717, 1.165) is 5.75 Å². The molecule has 0 aliphatic rings. The van der Waals surface area contributed by atoms with Gasteiger partial charge >= 0.3 is 5.97 Å². The summed E-state index contributed by atoms with van der Waals surface area (Å²) < 4.78 is 0. The molecule has 6 nitrogen and oxygen atoms in total. The number of carboxylic acids is 1. The zero-order chi connectivity index (χ0) is 14.3. The molecular weight excluding hydrogens is 268 g/mol. The number of nitro groups is 1. The van der Waals surface area contributed by atoms with E-state index < -0.39 is 16.6 Å². The maximum Gasteiger partial charge on any atom is 0.342 e. The molecule has 0 spiro atoms. The molecule has 1 aromatic rings. The highest BCUT2D eigenvalue weighted by molar-refractivity contribution is 7.99. The molecule has 1 rings (SSSR count). The zero-order valence-corrected chi connectivity index (χ0v) is 10.8. The van der Waals surface area contributed by atoms with Gasteiger partial charge in [0.05, 0.1) is 10.7 Å². The van der Waals surface area contributed by atoms with Crippen LogP contribution in [0.3, 0.4) is 0 Å². The molecule has 0 aliphatic carbocycles. The fourth-order valence-corrected chi connectivity index (χ4v) is 1.88. The van der Waals surface area contributed by atoms with Crippen LogP contribution in [-0.2, 0) is 0 Å². The highest BCUT2D eigenvalue weighted by atomic mass is 32.2. The normalized spacial score (nSPS) is 9.63. The Morgan fingerprint density at radius 2 is 2.32 bits per heavy atom. The molecule has 19 heavy (non-hydrogen) atoms. The van der Waals surface area contributed by atoms with Gasteiger partial charge in [0.15, 0.2) is 0 Å². The highest BCUT2D eigenvalue weighted by Gasteiger charge is 2.19. The third-order valence-electron chi connectivity index (χ3n) is 2.18. The van der Waals surface area contributed by atoms with Gasteiger partial charge in [-0.2, -0.15) is 0 Å². The fraction of sp³-hybridized carbons (Fsp3) is 0.250. The van der Waals surface area contributed by atoms with Gasteiger partial charge in [0, 0.05) is 24.1 Å². The van der Waals surface area contributed by atoms with Crippen LogP contribution in [0, 0.1) is 22.5 Å². The number of carbonyl (C=O) groups is 1. The number of thioether (sulfide) groups is 1. The van der Waals surface area contributed by atoms with Crippen molar-refractivity contribution in [3.8, 4) is 12.3 Å². The van der Waals surface area contributed by atoms with Crippen LogP contribution in [0.4, 0.5) is 11.4 Å². The number of benzene rings is 1. The first-order valence-corrected chi connectivity index (χ1v) is 6.48. The first-order valence-electron chi connectivity index (χ1n) is 5.33. The molecule has 0 fully saturated rings. The Kier molecular flexibility index (Phi) is 5.70. The molecule has 100 valence electrons. The highest BCUT2D eigenvalue weighted by Crippen LogP contribution is 2.22. The second-order valence-electron chi connectivity index (χ2n) is 3.48. The number of rotatable bonds is 7. The smallest absolute Gasteiger partial charge is 0.342 e. The van der Waals surface area contributed by atoms with Crippen LogP contribution in [0.25, 0.3) is 0 Å². The number of aromatic carboxylic acids is 1. The molecule has 0 bridgehead atoms. The lowest BCUT2D eigenvalue weighted by Crippen LogP contribution is -2.07. The quantitative estimate of drug-likeness (QED) is 0.344. The van der Waals surface area contributed by atoms with Crippen molar-refractivity contribution in [2.75, 3.05) is 23.4 Å². The number of carboxylic acid groups (broad SMARTS) is 1. The monoisotopic (exact) mass is 280 g/mol. The molecule has 0 heterocycles. The number of nitrogens with one attached hydrogen (secondary N) is 1. The first kappa shape index (κ1) is 14.9. The third-order valence-corrected chi connectivity index (χ3v) is 3.05. The average Bonchev–Trinajstić information content (AvgIpc) is 2.38. The van der Waals surface area contributed by atoms with Crippen molar-refractivity contribution in [1.29, 1.82) is 0 Å². The largest absolute Gasteiger partial charge is 0.477 e. The van der Waals surface area contributed by atoms with Gasteiger partial charge in [-0.25, -0.2) is 4.79 Å². The molecule has 0 amide bonds. The second kappa shape index (κ2) is 7.28. The predicted octanol–water partition coefficient (Wildman–Crippen LogP) is 2.07. The molecule has 2 N–H and O–H groups in total. The van der Waals surface area contributed by atoms with Crippen molar-refractivity contribution in [3.63, 3.8) is 0 Å². The fourth-order valence-electron chi connectivity index (χ4n) is 1.38. The van der Waals surface area contributed by atoms with Crippen molar-refractivity contribution < 1.29 is 14.8 Å². The van der Waals surface area contributed by atoms with Crippen molar-refractivity contribution >= 4 is 29.1 Å². The number of hydrogen-bond acceptors (Lipinski definition) is 5. The molecule has 0 aliphatic heterocycles. The number of nitrogens with zero attached hydrogens (tertiary/aromatic N) is 1. The maximum absolute atomic E-state index is 10.9. The summed E-state index contributed by atoms with van der Waals surface area (Å²) in [4.78, 5) is 20.9. The van der Waals surface area contributed by atoms with E-state index in [0.29, 0.717) is 18.0 Å². The Morgan fingerprint density at radius 3 is 2.89 bits per heavy atom. The SMILES string of the molecule is C#CCSCCNc1ccc([N+](=O)[O-])c(C(=O)O)c1. The van der Waals surface area contributed by atoms with Crippen LogP contribution < -0.4 is 5.32 Å². The molecule has 0 saturated carbocycles. The third kappa shape index (κ3) is 4.52. The summed E-state index contributed by atoms with van der Waals surface area (Å²) in [5.41, 5.74) is -0.213. The van der Waals surface area contributed by atoms with E-state index in [-0.39, 0.29) is 5.56 Å². The molecule has 0 atom stereocenters. The Labute approximate surface area is 114 Å². The predicted molar refractivity (Wildman–Crippen MR) is 74.7 cm³/mol. The van der Waals surface area contributed by atoms with E-state index in [1.54, 1.807) is 11.8 Å². The topological polar surface area (TPSA) is 92.5 Å². The van der Waals surface area contributed by atoms with Crippen LogP contribution in [0.15, 0.2) is 18.2 Å². The minimum absolute atomic E-state index is 0.328. The van der Waals surface area contributed by atoms with Crippen LogP contribution in [0.1, 0.15) is 10.4 Å². The van der Waals surface area contributed by atoms with Gasteiger partial charge in [0.2, 0.25) is 0 Å². The Hall–Kier alpha value is -2.20. The maximum atomic E-state index is 10.9. The standard InChI is InChI=1S/C12H12N2O4S/c1-2-6-19-7-5-13-9-3-4-11(14(17)18)10(8-9)12(15)16/h1,3-4,8,13H,5-7H2,(H,15,16). The molecule has 7 heteroatoms. The number of anilines is 1. The Bertz CT molecular complexity index is 525. The second-order valence-corrected chi connectivity index (χ2v) is 4.58. The summed E-state index contributed by atoms with van der Waals surface area (Å²) in [5, 5.41) is 22.6. The lowest BCUT2D eigenvalue weighted by molar-refractivity contribution is -0.385. The van der Waals surface area contributed by atoms with E-state index in [1.165, 1.54) is 18.2 Å². The summed E-state index contributed by atoms with van der Waals surface area (Å²) in [5.74, 6) is 2.55. The first-order chi connectivity index (χ1) is 9.06. The van der Waals surface area contributed by atoms with Crippen LogP contribution in [0.2, 0.25) is 0 Å². The summed E-state index contributed by atoms with van der Waals surface area (Å²) in [6, 6.07) is 3.92. The van der Waals surface area contributed by atoms with E-state index in [2.05, 4.69) is 11.2 Å². The summed E-state index contributed by atoms with van der Waals surface area (Å²) in [6.45, 7) is 0.600. The molecule has 0 saturated heterocycles. The van der Waals surface area contributed by atoms with Crippen molar-refractivity contribution in [2.24, 2.45) is 0 Å². The number of hydrogen-bond donors (Lipinski definition) is 2. The average molecular weight is 280 g/mol. The van der Waals surface area contributed by atoms with Crippen LogP contribution in [0.5, 0.6) is 0 Å². The van der Waals surface area contributed by atoms with Gasteiger partial charge in [-0.3, -0.25) is 10.1 Å². The van der Waals surface area contributed by atoms with E-state index >= 15 is 0 Å². The van der Waals surface area contributed by atoms with Crippen LogP contribution >= 0.6 is 11.8 Å². The van der Waals surface area contributed by atoms with Gasteiger partial charge in [-0.05, 0) is 12.1 Å². The minimum Gasteiger partial charge on any atom is -0.477 e. The lowest BCUT2D eigenvalue weighted by Gasteiger charge is -2.06. The minimum atomic E-state index is -1.32. The van der Waals surface area contributed by atoms with Crippen molar-refractivity contribution in [2.45, 2.75) is 0 Å². The summed E-state index contributed by atoms with van der Waals surface area (Å²) >= 11 is 1.57. The van der Waals surface area contributed by atoms with E-state index in [9.17, 15) is 14.9 Å². The number of nitro benzene ring substituents is 1. The van der Waals surface area contributed by atoms with Crippen molar-refractivity contribution in [1.82, 2.24) is 0 Å². The van der Waals surface area contributed by atoms with E-state index in [1.807, 2.05) is 0 Å². The summed E-state index contributed by atoms with van der Waals surface area (Å²) in [7, 11) is 0.